The Labute approximate surface area is 115 Å². The van der Waals surface area contributed by atoms with Crippen LogP contribution in [-0.4, -0.2) is 18.6 Å². The molecular weight excluding hydrogens is 296 g/mol. The molecule has 96 valence electrons. The lowest BCUT2D eigenvalue weighted by atomic mass is 10.0. The Morgan fingerprint density at radius 2 is 2.28 bits per heavy atom. The van der Waals surface area contributed by atoms with Crippen molar-refractivity contribution in [3.8, 4) is 11.8 Å². The van der Waals surface area contributed by atoms with Crippen molar-refractivity contribution < 1.29 is 9.53 Å². The normalized spacial score (nSPS) is 13.3. The molecule has 0 aliphatic heterocycles. The summed E-state index contributed by atoms with van der Waals surface area (Å²) in [5.74, 6) is 0.156. The number of hydrogen-bond acceptors (Lipinski definition) is 3. The maximum absolute atomic E-state index is 12.1. The van der Waals surface area contributed by atoms with E-state index in [1.165, 1.54) is 7.11 Å². The summed E-state index contributed by atoms with van der Waals surface area (Å²) < 4.78 is 5.98. The maximum Gasteiger partial charge on any atom is 0.256 e. The Morgan fingerprint density at radius 3 is 2.78 bits per heavy atom. The molecule has 0 bridgehead atoms. The van der Waals surface area contributed by atoms with Gasteiger partial charge in [0.2, 0.25) is 0 Å². The van der Waals surface area contributed by atoms with Crippen LogP contribution in [0.15, 0.2) is 22.7 Å². The molecule has 1 amide bonds. The summed E-state index contributed by atoms with van der Waals surface area (Å²) in [6, 6.07) is 7.22. The van der Waals surface area contributed by atoms with Gasteiger partial charge in [0.1, 0.15) is 11.3 Å². The van der Waals surface area contributed by atoms with Crippen LogP contribution in [0.4, 0.5) is 0 Å². The van der Waals surface area contributed by atoms with Gasteiger partial charge < -0.3 is 10.1 Å². The average Bonchev–Trinajstić information content (AvgIpc) is 2.38. The number of nitrogens with zero attached hydrogens (tertiary/aromatic N) is 1. The van der Waals surface area contributed by atoms with E-state index in [0.717, 1.165) is 4.47 Å². The highest BCUT2D eigenvalue weighted by molar-refractivity contribution is 9.10. The van der Waals surface area contributed by atoms with Crippen LogP contribution in [0.3, 0.4) is 0 Å². The number of nitriles is 1. The van der Waals surface area contributed by atoms with E-state index in [0.29, 0.717) is 17.7 Å². The van der Waals surface area contributed by atoms with Crippen molar-refractivity contribution in [1.82, 2.24) is 5.32 Å². The second-order valence-corrected chi connectivity index (χ2v) is 5.01. The number of ether oxygens (including phenoxy) is 1. The molecule has 0 heterocycles. The zero-order valence-corrected chi connectivity index (χ0v) is 12.2. The van der Waals surface area contributed by atoms with Crippen LogP contribution in [0.25, 0.3) is 0 Å². The molecule has 0 aromatic heterocycles. The van der Waals surface area contributed by atoms with E-state index in [9.17, 15) is 4.79 Å². The van der Waals surface area contributed by atoms with Crippen LogP contribution in [0.5, 0.6) is 5.75 Å². The summed E-state index contributed by atoms with van der Waals surface area (Å²) in [5.41, 5.74) is -0.453. The van der Waals surface area contributed by atoms with E-state index >= 15 is 0 Å². The summed E-state index contributed by atoms with van der Waals surface area (Å²) >= 11 is 3.31. The molecular formula is C13H15BrN2O2. The number of carbonyl (C=O) groups is 1. The fourth-order valence-electron chi connectivity index (χ4n) is 1.37. The third-order valence-electron chi connectivity index (χ3n) is 2.75. The highest BCUT2D eigenvalue weighted by atomic mass is 79.9. The summed E-state index contributed by atoms with van der Waals surface area (Å²) in [6.07, 6.45) is 0.536. The number of nitrogens with one attached hydrogen (secondary N) is 1. The Morgan fingerprint density at radius 1 is 1.61 bits per heavy atom. The molecule has 1 rings (SSSR count). The van der Waals surface area contributed by atoms with Gasteiger partial charge in [-0.2, -0.15) is 5.26 Å². The van der Waals surface area contributed by atoms with Crippen LogP contribution in [0.1, 0.15) is 30.6 Å². The van der Waals surface area contributed by atoms with Crippen molar-refractivity contribution in [2.24, 2.45) is 0 Å². The lowest BCUT2D eigenvalue weighted by Gasteiger charge is -2.21. The molecule has 0 saturated heterocycles. The van der Waals surface area contributed by atoms with Crippen molar-refractivity contribution in [1.29, 1.82) is 5.26 Å². The second-order valence-electron chi connectivity index (χ2n) is 4.10. The predicted octanol–water partition coefficient (Wildman–Crippen LogP) is 2.88. The molecule has 1 atom stereocenters. The third kappa shape index (κ3) is 3.23. The van der Waals surface area contributed by atoms with Crippen LogP contribution >= 0.6 is 15.9 Å². The summed E-state index contributed by atoms with van der Waals surface area (Å²) in [4.78, 5) is 12.1. The van der Waals surface area contributed by atoms with Gasteiger partial charge in [-0.3, -0.25) is 4.79 Å². The molecule has 0 saturated carbocycles. The average molecular weight is 311 g/mol. The Bertz CT molecular complexity index is 496. The molecule has 1 aromatic carbocycles. The molecule has 1 aromatic rings. The molecule has 0 radical (unpaired) electrons. The predicted molar refractivity (Wildman–Crippen MR) is 72.5 cm³/mol. The van der Waals surface area contributed by atoms with E-state index in [2.05, 4.69) is 27.3 Å². The zero-order chi connectivity index (χ0) is 13.8. The van der Waals surface area contributed by atoms with E-state index in [1.54, 1.807) is 25.1 Å². The summed E-state index contributed by atoms with van der Waals surface area (Å²) in [7, 11) is 1.50. The highest BCUT2D eigenvalue weighted by Gasteiger charge is 2.25. The molecule has 5 heteroatoms. The van der Waals surface area contributed by atoms with Crippen LogP contribution in [-0.2, 0) is 0 Å². The van der Waals surface area contributed by atoms with Crippen molar-refractivity contribution in [2.75, 3.05) is 7.11 Å². The number of carbonyl (C=O) groups excluding carboxylic acids is 1. The Balaban J connectivity index is 3.02. The highest BCUT2D eigenvalue weighted by Crippen LogP contribution is 2.24. The Kier molecular flexibility index (Phi) is 4.74. The van der Waals surface area contributed by atoms with Gasteiger partial charge >= 0.3 is 0 Å². The molecule has 0 aliphatic carbocycles. The molecule has 0 fully saturated rings. The standard InChI is InChI=1S/C13H15BrN2O2/c1-4-13(2,8-15)16-12(17)10-6-5-9(14)7-11(10)18-3/h5-7H,4H2,1-3H3,(H,16,17). The van der Waals surface area contributed by atoms with Gasteiger partial charge in [0.25, 0.3) is 5.91 Å². The zero-order valence-electron chi connectivity index (χ0n) is 10.6. The van der Waals surface area contributed by atoms with E-state index in [-0.39, 0.29) is 5.91 Å². The van der Waals surface area contributed by atoms with Gasteiger partial charge in [-0.05, 0) is 31.5 Å². The van der Waals surface area contributed by atoms with Crippen molar-refractivity contribution in [2.45, 2.75) is 25.8 Å². The second kappa shape index (κ2) is 5.87. The largest absolute Gasteiger partial charge is 0.496 e. The summed E-state index contributed by atoms with van der Waals surface area (Å²) in [5, 5.41) is 11.8. The first-order valence-electron chi connectivity index (χ1n) is 5.53. The van der Waals surface area contributed by atoms with Gasteiger partial charge in [-0.1, -0.05) is 22.9 Å². The minimum atomic E-state index is -0.866. The van der Waals surface area contributed by atoms with Crippen LogP contribution in [0, 0.1) is 11.3 Å². The lowest BCUT2D eigenvalue weighted by molar-refractivity contribution is 0.0920. The van der Waals surface area contributed by atoms with Crippen LogP contribution < -0.4 is 10.1 Å². The minimum absolute atomic E-state index is 0.315. The number of halogens is 1. The third-order valence-corrected chi connectivity index (χ3v) is 3.24. The SMILES string of the molecule is CCC(C)(C#N)NC(=O)c1ccc(Br)cc1OC. The molecule has 0 spiro atoms. The minimum Gasteiger partial charge on any atom is -0.496 e. The van der Waals surface area contributed by atoms with Gasteiger partial charge in [0.05, 0.1) is 18.7 Å². The van der Waals surface area contributed by atoms with Crippen LogP contribution in [0.2, 0.25) is 0 Å². The fourth-order valence-corrected chi connectivity index (χ4v) is 1.71. The smallest absolute Gasteiger partial charge is 0.256 e. The van der Waals surface area contributed by atoms with Gasteiger partial charge in [-0.25, -0.2) is 0 Å². The molecule has 1 N–H and O–H groups in total. The first-order valence-corrected chi connectivity index (χ1v) is 6.32. The molecule has 18 heavy (non-hydrogen) atoms. The topological polar surface area (TPSA) is 62.1 Å². The van der Waals surface area contributed by atoms with Gasteiger partial charge in [0.15, 0.2) is 0 Å². The first kappa shape index (κ1) is 14.5. The molecule has 4 nitrogen and oxygen atoms in total. The maximum atomic E-state index is 12.1. The fraction of sp³-hybridized carbons (Fsp3) is 0.385. The number of methoxy groups -OCH3 is 1. The monoisotopic (exact) mass is 310 g/mol. The Hall–Kier alpha value is -1.54. The van der Waals surface area contributed by atoms with Crippen molar-refractivity contribution in [3.63, 3.8) is 0 Å². The quantitative estimate of drug-likeness (QED) is 0.930. The van der Waals surface area contributed by atoms with Gasteiger partial charge in [-0.15, -0.1) is 0 Å². The number of hydrogen-bond donors (Lipinski definition) is 1. The number of rotatable bonds is 4. The van der Waals surface area contributed by atoms with E-state index in [1.807, 2.05) is 6.92 Å². The lowest BCUT2D eigenvalue weighted by Crippen LogP contribution is -2.44. The number of benzene rings is 1. The van der Waals surface area contributed by atoms with Crippen molar-refractivity contribution in [3.05, 3.63) is 28.2 Å². The summed E-state index contributed by atoms with van der Waals surface area (Å²) in [6.45, 7) is 3.54. The molecule has 0 aliphatic rings. The van der Waals surface area contributed by atoms with E-state index < -0.39 is 5.54 Å². The number of amides is 1. The first-order chi connectivity index (χ1) is 8.45. The van der Waals surface area contributed by atoms with Crippen molar-refractivity contribution >= 4 is 21.8 Å². The van der Waals surface area contributed by atoms with E-state index in [4.69, 9.17) is 10.00 Å². The van der Waals surface area contributed by atoms with Gasteiger partial charge in [0, 0.05) is 4.47 Å². The molecule has 1 unspecified atom stereocenters.